The molecule has 0 bridgehead atoms. The number of likely N-dealkylation sites (tertiary alicyclic amines) is 1. The molecular formula is C10H20N2O2. The number of aliphatic carboxylic acids is 1. The van der Waals surface area contributed by atoms with E-state index in [0.717, 1.165) is 45.4 Å². The summed E-state index contributed by atoms with van der Waals surface area (Å²) in [5.41, 5.74) is 5.47. The molecule has 0 aliphatic carbocycles. The summed E-state index contributed by atoms with van der Waals surface area (Å²) in [7, 11) is 0. The fraction of sp³-hybridized carbons (Fsp3) is 0.900. The molecule has 0 unspecified atom stereocenters. The minimum absolute atomic E-state index is 0.321. The van der Waals surface area contributed by atoms with Crippen LogP contribution in [0.15, 0.2) is 0 Å². The molecule has 0 spiro atoms. The fourth-order valence-electron chi connectivity index (χ4n) is 2.01. The first-order valence-corrected chi connectivity index (χ1v) is 5.36. The van der Waals surface area contributed by atoms with E-state index in [2.05, 4.69) is 4.90 Å². The van der Waals surface area contributed by atoms with E-state index in [0.29, 0.717) is 12.3 Å². The van der Waals surface area contributed by atoms with Gasteiger partial charge < -0.3 is 15.7 Å². The monoisotopic (exact) mass is 200 g/mol. The molecule has 82 valence electrons. The fourth-order valence-corrected chi connectivity index (χ4v) is 2.01. The zero-order valence-electron chi connectivity index (χ0n) is 8.61. The Morgan fingerprint density at radius 3 is 2.57 bits per heavy atom. The van der Waals surface area contributed by atoms with Crippen molar-refractivity contribution in [3.8, 4) is 0 Å². The lowest BCUT2D eigenvalue weighted by Gasteiger charge is -2.31. The highest BCUT2D eigenvalue weighted by Gasteiger charge is 2.18. The third kappa shape index (κ3) is 4.07. The van der Waals surface area contributed by atoms with Gasteiger partial charge in [-0.1, -0.05) is 0 Å². The van der Waals surface area contributed by atoms with E-state index >= 15 is 0 Å². The maximum absolute atomic E-state index is 10.4. The summed E-state index contributed by atoms with van der Waals surface area (Å²) in [4.78, 5) is 12.7. The largest absolute Gasteiger partial charge is 0.481 e. The molecule has 1 aliphatic rings. The third-order valence-corrected chi connectivity index (χ3v) is 2.92. The Morgan fingerprint density at radius 2 is 2.07 bits per heavy atom. The standard InChI is InChI=1S/C10H20N2O2/c11-5-8-12-6-3-9(4-7-12)1-2-10(13)14/h9H,1-8,11H2,(H,13,14). The van der Waals surface area contributed by atoms with E-state index in [9.17, 15) is 4.79 Å². The predicted octanol–water partition coefficient (Wildman–Crippen LogP) is 0.522. The first-order valence-electron chi connectivity index (χ1n) is 5.36. The number of hydrogen-bond donors (Lipinski definition) is 2. The van der Waals surface area contributed by atoms with Gasteiger partial charge in [0.1, 0.15) is 0 Å². The zero-order chi connectivity index (χ0) is 10.4. The number of piperidine rings is 1. The molecule has 4 nitrogen and oxygen atoms in total. The molecule has 0 aromatic heterocycles. The predicted molar refractivity (Wildman–Crippen MR) is 55.1 cm³/mol. The molecular weight excluding hydrogens is 180 g/mol. The lowest BCUT2D eigenvalue weighted by Crippen LogP contribution is -2.37. The Morgan fingerprint density at radius 1 is 1.43 bits per heavy atom. The molecule has 1 rings (SSSR count). The molecule has 0 radical (unpaired) electrons. The molecule has 0 saturated carbocycles. The van der Waals surface area contributed by atoms with Crippen LogP contribution in [0.25, 0.3) is 0 Å². The van der Waals surface area contributed by atoms with Gasteiger partial charge in [0, 0.05) is 19.5 Å². The Bertz CT molecular complexity index is 177. The van der Waals surface area contributed by atoms with Crippen molar-refractivity contribution in [2.24, 2.45) is 11.7 Å². The van der Waals surface area contributed by atoms with Gasteiger partial charge in [-0.25, -0.2) is 0 Å². The molecule has 1 heterocycles. The van der Waals surface area contributed by atoms with Gasteiger partial charge in [0.25, 0.3) is 0 Å². The Labute approximate surface area is 85.1 Å². The first-order chi connectivity index (χ1) is 6.72. The second-order valence-corrected chi connectivity index (χ2v) is 4.01. The number of nitrogens with zero attached hydrogens (tertiary/aromatic N) is 1. The molecule has 0 amide bonds. The molecule has 1 fully saturated rings. The van der Waals surface area contributed by atoms with E-state index in [1.165, 1.54) is 0 Å². The lowest BCUT2D eigenvalue weighted by molar-refractivity contribution is -0.137. The van der Waals surface area contributed by atoms with Gasteiger partial charge in [0.15, 0.2) is 0 Å². The van der Waals surface area contributed by atoms with Crippen molar-refractivity contribution in [3.05, 3.63) is 0 Å². The van der Waals surface area contributed by atoms with Crippen LogP contribution in [0.1, 0.15) is 25.7 Å². The van der Waals surface area contributed by atoms with E-state index in [1.807, 2.05) is 0 Å². The Hall–Kier alpha value is -0.610. The van der Waals surface area contributed by atoms with Crippen LogP contribution in [0.4, 0.5) is 0 Å². The van der Waals surface area contributed by atoms with Gasteiger partial charge in [-0.3, -0.25) is 4.79 Å². The highest BCUT2D eigenvalue weighted by atomic mass is 16.4. The number of hydrogen-bond acceptors (Lipinski definition) is 3. The van der Waals surface area contributed by atoms with Gasteiger partial charge >= 0.3 is 5.97 Å². The van der Waals surface area contributed by atoms with Crippen molar-refractivity contribution in [2.75, 3.05) is 26.2 Å². The smallest absolute Gasteiger partial charge is 0.303 e. The SMILES string of the molecule is NCCN1CCC(CCC(=O)O)CC1. The number of nitrogens with two attached hydrogens (primary N) is 1. The van der Waals surface area contributed by atoms with Crippen LogP contribution in [-0.2, 0) is 4.79 Å². The first kappa shape index (κ1) is 11.5. The van der Waals surface area contributed by atoms with Crippen molar-refractivity contribution in [1.82, 2.24) is 4.90 Å². The average molecular weight is 200 g/mol. The van der Waals surface area contributed by atoms with Gasteiger partial charge in [-0.05, 0) is 38.3 Å². The molecule has 14 heavy (non-hydrogen) atoms. The van der Waals surface area contributed by atoms with Gasteiger partial charge in [-0.2, -0.15) is 0 Å². The second-order valence-electron chi connectivity index (χ2n) is 4.01. The minimum atomic E-state index is -0.672. The summed E-state index contributed by atoms with van der Waals surface area (Å²) in [6.45, 7) is 3.87. The van der Waals surface area contributed by atoms with E-state index in [4.69, 9.17) is 10.8 Å². The van der Waals surface area contributed by atoms with Crippen LogP contribution < -0.4 is 5.73 Å². The van der Waals surface area contributed by atoms with Crippen LogP contribution in [0.5, 0.6) is 0 Å². The van der Waals surface area contributed by atoms with Crippen LogP contribution in [0.2, 0.25) is 0 Å². The number of carboxylic acid groups (broad SMARTS) is 1. The maximum Gasteiger partial charge on any atom is 0.303 e. The summed E-state index contributed by atoms with van der Waals surface area (Å²) in [5.74, 6) is -0.0606. The Kier molecular flexibility index (Phi) is 4.90. The highest BCUT2D eigenvalue weighted by Crippen LogP contribution is 2.21. The Balaban J connectivity index is 2.12. The van der Waals surface area contributed by atoms with Gasteiger partial charge in [0.2, 0.25) is 0 Å². The van der Waals surface area contributed by atoms with Crippen molar-refractivity contribution >= 4 is 5.97 Å². The molecule has 0 atom stereocenters. The van der Waals surface area contributed by atoms with Crippen molar-refractivity contribution in [2.45, 2.75) is 25.7 Å². The summed E-state index contributed by atoms with van der Waals surface area (Å²) < 4.78 is 0. The van der Waals surface area contributed by atoms with Crippen LogP contribution in [-0.4, -0.2) is 42.2 Å². The number of carboxylic acids is 1. The zero-order valence-corrected chi connectivity index (χ0v) is 8.61. The lowest BCUT2D eigenvalue weighted by atomic mass is 9.92. The third-order valence-electron chi connectivity index (χ3n) is 2.92. The van der Waals surface area contributed by atoms with Crippen LogP contribution in [0.3, 0.4) is 0 Å². The molecule has 3 N–H and O–H groups in total. The second kappa shape index (κ2) is 5.98. The van der Waals surface area contributed by atoms with Crippen molar-refractivity contribution in [1.29, 1.82) is 0 Å². The molecule has 1 saturated heterocycles. The maximum atomic E-state index is 10.4. The van der Waals surface area contributed by atoms with Crippen LogP contribution in [0, 0.1) is 5.92 Å². The van der Waals surface area contributed by atoms with E-state index in [-0.39, 0.29) is 0 Å². The van der Waals surface area contributed by atoms with E-state index in [1.54, 1.807) is 0 Å². The molecule has 4 heteroatoms. The van der Waals surface area contributed by atoms with Gasteiger partial charge in [0.05, 0.1) is 0 Å². The normalized spacial score (nSPS) is 19.8. The minimum Gasteiger partial charge on any atom is -0.481 e. The quantitative estimate of drug-likeness (QED) is 0.679. The van der Waals surface area contributed by atoms with Crippen LogP contribution >= 0.6 is 0 Å². The summed E-state index contributed by atoms with van der Waals surface area (Å²) in [6, 6.07) is 0. The molecule has 1 aliphatic heterocycles. The molecule has 0 aromatic rings. The number of rotatable bonds is 5. The average Bonchev–Trinajstić information content (AvgIpc) is 2.17. The van der Waals surface area contributed by atoms with Crippen molar-refractivity contribution < 1.29 is 9.90 Å². The van der Waals surface area contributed by atoms with Gasteiger partial charge in [-0.15, -0.1) is 0 Å². The van der Waals surface area contributed by atoms with E-state index < -0.39 is 5.97 Å². The number of carbonyl (C=O) groups is 1. The topological polar surface area (TPSA) is 66.6 Å². The van der Waals surface area contributed by atoms with Crippen molar-refractivity contribution in [3.63, 3.8) is 0 Å². The highest BCUT2D eigenvalue weighted by molar-refractivity contribution is 5.66. The summed E-state index contributed by atoms with van der Waals surface area (Å²) in [6.07, 6.45) is 3.42. The summed E-state index contributed by atoms with van der Waals surface area (Å²) in [5, 5.41) is 8.55. The molecule has 0 aromatic carbocycles. The summed E-state index contributed by atoms with van der Waals surface area (Å²) >= 11 is 0.